The SMILES string of the molecule is CCC(C)(C)C(=O)OCC1OC(=O)C(C#N)C1C. The third-order valence-electron chi connectivity index (χ3n) is 3.59. The molecule has 1 aliphatic rings. The van der Waals surface area contributed by atoms with Gasteiger partial charge in [0.05, 0.1) is 11.5 Å². The van der Waals surface area contributed by atoms with Crippen LogP contribution in [-0.4, -0.2) is 24.6 Å². The fourth-order valence-corrected chi connectivity index (χ4v) is 1.61. The third-order valence-corrected chi connectivity index (χ3v) is 3.59. The summed E-state index contributed by atoms with van der Waals surface area (Å²) >= 11 is 0. The van der Waals surface area contributed by atoms with Gasteiger partial charge < -0.3 is 9.47 Å². The van der Waals surface area contributed by atoms with E-state index in [0.29, 0.717) is 6.42 Å². The summed E-state index contributed by atoms with van der Waals surface area (Å²) < 4.78 is 10.2. The maximum atomic E-state index is 11.8. The van der Waals surface area contributed by atoms with Crippen molar-refractivity contribution in [3.05, 3.63) is 0 Å². The Morgan fingerprint density at radius 1 is 1.56 bits per heavy atom. The third kappa shape index (κ3) is 2.81. The van der Waals surface area contributed by atoms with Gasteiger partial charge in [-0.1, -0.05) is 13.8 Å². The van der Waals surface area contributed by atoms with Crippen molar-refractivity contribution in [2.24, 2.45) is 17.3 Å². The van der Waals surface area contributed by atoms with Gasteiger partial charge in [0, 0.05) is 5.92 Å². The van der Waals surface area contributed by atoms with Gasteiger partial charge in [-0.3, -0.25) is 9.59 Å². The van der Waals surface area contributed by atoms with Crippen LogP contribution in [0.5, 0.6) is 0 Å². The molecule has 5 nitrogen and oxygen atoms in total. The zero-order valence-electron chi connectivity index (χ0n) is 11.2. The highest BCUT2D eigenvalue weighted by Crippen LogP contribution is 2.29. The van der Waals surface area contributed by atoms with Crippen molar-refractivity contribution in [2.45, 2.75) is 40.2 Å². The second-order valence-corrected chi connectivity index (χ2v) is 5.28. The monoisotopic (exact) mass is 253 g/mol. The van der Waals surface area contributed by atoms with Gasteiger partial charge in [-0.2, -0.15) is 5.26 Å². The zero-order valence-corrected chi connectivity index (χ0v) is 11.2. The van der Waals surface area contributed by atoms with Crippen LogP contribution in [-0.2, 0) is 19.1 Å². The molecule has 0 bridgehead atoms. The molecule has 1 heterocycles. The molecule has 0 aliphatic carbocycles. The number of hydrogen-bond donors (Lipinski definition) is 0. The number of hydrogen-bond acceptors (Lipinski definition) is 5. The van der Waals surface area contributed by atoms with E-state index in [0.717, 1.165) is 0 Å². The number of nitrogens with zero attached hydrogens (tertiary/aromatic N) is 1. The summed E-state index contributed by atoms with van der Waals surface area (Å²) in [6.45, 7) is 7.29. The van der Waals surface area contributed by atoms with Crippen LogP contribution < -0.4 is 0 Å². The van der Waals surface area contributed by atoms with Gasteiger partial charge in [0.1, 0.15) is 18.6 Å². The predicted molar refractivity (Wildman–Crippen MR) is 63.2 cm³/mol. The zero-order chi connectivity index (χ0) is 13.9. The highest BCUT2D eigenvalue weighted by Gasteiger charge is 2.43. The number of rotatable bonds is 4. The molecule has 0 saturated carbocycles. The minimum atomic E-state index is -0.757. The van der Waals surface area contributed by atoms with Gasteiger partial charge in [0.15, 0.2) is 0 Å². The van der Waals surface area contributed by atoms with Crippen molar-refractivity contribution in [3.63, 3.8) is 0 Å². The molecule has 0 radical (unpaired) electrons. The predicted octanol–water partition coefficient (Wildman–Crippen LogP) is 1.67. The Morgan fingerprint density at radius 2 is 2.17 bits per heavy atom. The number of carbonyl (C=O) groups is 2. The van der Waals surface area contributed by atoms with Crippen LogP contribution in [0.1, 0.15) is 34.1 Å². The van der Waals surface area contributed by atoms with Gasteiger partial charge >= 0.3 is 11.9 Å². The van der Waals surface area contributed by atoms with Crippen LogP contribution in [0.4, 0.5) is 0 Å². The normalized spacial score (nSPS) is 27.5. The van der Waals surface area contributed by atoms with Crippen molar-refractivity contribution >= 4 is 11.9 Å². The van der Waals surface area contributed by atoms with E-state index in [1.165, 1.54) is 0 Å². The Bertz CT molecular complexity index is 383. The van der Waals surface area contributed by atoms with E-state index < -0.39 is 23.4 Å². The van der Waals surface area contributed by atoms with Crippen molar-refractivity contribution in [2.75, 3.05) is 6.61 Å². The Labute approximate surface area is 107 Å². The Morgan fingerprint density at radius 3 is 2.61 bits per heavy atom. The van der Waals surface area contributed by atoms with E-state index in [-0.39, 0.29) is 18.5 Å². The summed E-state index contributed by atoms with van der Waals surface area (Å²) in [5.41, 5.74) is -0.541. The smallest absolute Gasteiger partial charge is 0.324 e. The van der Waals surface area contributed by atoms with Crippen LogP contribution in [0.25, 0.3) is 0 Å². The second-order valence-electron chi connectivity index (χ2n) is 5.28. The second kappa shape index (κ2) is 5.38. The quantitative estimate of drug-likeness (QED) is 0.712. The number of cyclic esters (lactones) is 1. The Hall–Kier alpha value is -1.57. The number of esters is 2. The first-order chi connectivity index (χ1) is 8.33. The van der Waals surface area contributed by atoms with E-state index in [1.807, 2.05) is 13.0 Å². The van der Waals surface area contributed by atoms with E-state index in [4.69, 9.17) is 14.7 Å². The lowest BCUT2D eigenvalue weighted by Gasteiger charge is -2.22. The van der Waals surface area contributed by atoms with Gasteiger partial charge in [-0.05, 0) is 20.3 Å². The van der Waals surface area contributed by atoms with Gasteiger partial charge in [-0.15, -0.1) is 0 Å². The number of nitriles is 1. The molecule has 1 rings (SSSR count). The lowest BCUT2D eigenvalue weighted by atomic mass is 9.90. The topological polar surface area (TPSA) is 76.4 Å². The highest BCUT2D eigenvalue weighted by atomic mass is 16.6. The average molecular weight is 253 g/mol. The van der Waals surface area contributed by atoms with Crippen LogP contribution in [0.15, 0.2) is 0 Å². The molecule has 0 amide bonds. The van der Waals surface area contributed by atoms with Gasteiger partial charge in [0.2, 0.25) is 0 Å². The van der Waals surface area contributed by atoms with Crippen molar-refractivity contribution in [1.82, 2.24) is 0 Å². The lowest BCUT2D eigenvalue weighted by molar-refractivity contribution is -0.161. The van der Waals surface area contributed by atoms with E-state index in [9.17, 15) is 9.59 Å². The van der Waals surface area contributed by atoms with Gasteiger partial charge in [-0.25, -0.2) is 0 Å². The fourth-order valence-electron chi connectivity index (χ4n) is 1.61. The fraction of sp³-hybridized carbons (Fsp3) is 0.769. The summed E-state index contributed by atoms with van der Waals surface area (Å²) in [7, 11) is 0. The van der Waals surface area contributed by atoms with Crippen LogP contribution in [0, 0.1) is 28.6 Å². The largest absolute Gasteiger partial charge is 0.461 e. The molecule has 100 valence electrons. The van der Waals surface area contributed by atoms with E-state index in [1.54, 1.807) is 20.8 Å². The molecular formula is C13H19NO4. The van der Waals surface area contributed by atoms with Gasteiger partial charge in [0.25, 0.3) is 0 Å². The summed E-state index contributed by atoms with van der Waals surface area (Å²) in [5, 5.41) is 8.81. The Kier molecular flexibility index (Phi) is 4.33. The number of carbonyl (C=O) groups excluding carboxylic acids is 2. The first-order valence-electron chi connectivity index (χ1n) is 6.10. The molecule has 5 heteroatoms. The van der Waals surface area contributed by atoms with E-state index >= 15 is 0 Å². The highest BCUT2D eigenvalue weighted by molar-refractivity contribution is 5.78. The molecule has 1 fully saturated rings. The minimum absolute atomic E-state index is 0.0212. The molecule has 1 saturated heterocycles. The van der Waals surface area contributed by atoms with E-state index in [2.05, 4.69) is 0 Å². The summed E-state index contributed by atoms with van der Waals surface area (Å²) in [5.74, 6) is -1.85. The molecule has 3 unspecified atom stereocenters. The maximum Gasteiger partial charge on any atom is 0.324 e. The molecular weight excluding hydrogens is 234 g/mol. The summed E-state index contributed by atoms with van der Waals surface area (Å²) in [6.07, 6.45) is 0.158. The molecule has 0 spiro atoms. The molecule has 1 aliphatic heterocycles. The summed E-state index contributed by atoms with van der Waals surface area (Å²) in [6, 6.07) is 1.91. The van der Waals surface area contributed by atoms with Crippen molar-refractivity contribution in [1.29, 1.82) is 5.26 Å². The Balaban J connectivity index is 2.54. The van der Waals surface area contributed by atoms with Crippen LogP contribution >= 0.6 is 0 Å². The average Bonchev–Trinajstić information content (AvgIpc) is 2.60. The minimum Gasteiger partial charge on any atom is -0.461 e. The molecule has 18 heavy (non-hydrogen) atoms. The summed E-state index contributed by atoms with van der Waals surface area (Å²) in [4.78, 5) is 23.1. The molecule has 0 aromatic rings. The van der Waals surface area contributed by atoms with Crippen LogP contribution in [0.2, 0.25) is 0 Å². The molecule has 0 N–H and O–H groups in total. The first kappa shape index (κ1) is 14.5. The molecule has 3 atom stereocenters. The first-order valence-corrected chi connectivity index (χ1v) is 6.10. The molecule has 0 aromatic heterocycles. The lowest BCUT2D eigenvalue weighted by Crippen LogP contribution is -2.31. The maximum absolute atomic E-state index is 11.8. The molecule has 0 aromatic carbocycles. The van der Waals surface area contributed by atoms with Crippen molar-refractivity contribution < 1.29 is 19.1 Å². The van der Waals surface area contributed by atoms with Crippen molar-refractivity contribution in [3.8, 4) is 6.07 Å². The number of ether oxygens (including phenoxy) is 2. The standard InChI is InChI=1S/C13H19NO4/c1-5-13(3,4)12(16)17-7-10-8(2)9(6-14)11(15)18-10/h8-10H,5,7H2,1-4H3. The van der Waals surface area contributed by atoms with Crippen LogP contribution in [0.3, 0.4) is 0 Å².